The van der Waals surface area contributed by atoms with Crippen LogP contribution in [0, 0.1) is 5.92 Å². The van der Waals surface area contributed by atoms with Gasteiger partial charge >= 0.3 is 5.97 Å². The van der Waals surface area contributed by atoms with Crippen LogP contribution in [-0.2, 0) is 9.59 Å². The maximum Gasteiger partial charge on any atom is 0.308 e. The average molecular weight is 349 g/mol. The van der Waals surface area contributed by atoms with Gasteiger partial charge < -0.3 is 19.7 Å². The van der Waals surface area contributed by atoms with Gasteiger partial charge in [-0.3, -0.25) is 14.4 Å². The van der Waals surface area contributed by atoms with Crippen LogP contribution in [0.3, 0.4) is 0 Å². The molecule has 2 aromatic rings. The minimum atomic E-state index is -1.01. The van der Waals surface area contributed by atoms with Crippen LogP contribution in [0.25, 0.3) is 0 Å². The van der Waals surface area contributed by atoms with Crippen LogP contribution < -0.4 is 10.2 Å². The number of rotatable bonds is 4. The Hall–Kier alpha value is -2.80. The summed E-state index contributed by atoms with van der Waals surface area (Å²) in [4.78, 5) is 36.5. The molecule has 1 aliphatic heterocycles. The molecule has 24 heavy (non-hydrogen) atoms. The van der Waals surface area contributed by atoms with Crippen molar-refractivity contribution in [3.05, 3.63) is 47.4 Å². The lowest BCUT2D eigenvalue weighted by molar-refractivity contribution is -0.141. The topological polar surface area (TPSA) is 99.9 Å². The number of aliphatic carboxylic acids is 1. The summed E-state index contributed by atoms with van der Waals surface area (Å²) in [6, 6.07) is 7.77. The summed E-state index contributed by atoms with van der Waals surface area (Å²) in [5.74, 6) is -2.39. The molecule has 1 aliphatic rings. The summed E-state index contributed by atoms with van der Waals surface area (Å²) in [6.45, 7) is 0.0847. The first-order chi connectivity index (χ1) is 11.5. The summed E-state index contributed by atoms with van der Waals surface area (Å²) < 4.78 is 5.01. The Morgan fingerprint density at radius 1 is 1.33 bits per heavy atom. The minimum absolute atomic E-state index is 0.0496. The smallest absolute Gasteiger partial charge is 0.308 e. The number of hydrogen-bond acceptors (Lipinski definition) is 4. The quantitative estimate of drug-likeness (QED) is 0.884. The molecule has 0 unspecified atom stereocenters. The number of amides is 2. The Morgan fingerprint density at radius 3 is 2.75 bits per heavy atom. The first-order valence-corrected chi connectivity index (χ1v) is 7.51. The number of benzene rings is 1. The molecule has 1 aromatic heterocycles. The van der Waals surface area contributed by atoms with Crippen molar-refractivity contribution in [3.8, 4) is 0 Å². The number of carboxylic acids is 1. The molecule has 0 spiro atoms. The van der Waals surface area contributed by atoms with Crippen molar-refractivity contribution >= 4 is 40.8 Å². The number of carboxylic acid groups (broad SMARTS) is 1. The summed E-state index contributed by atoms with van der Waals surface area (Å²) >= 11 is 6.08. The van der Waals surface area contributed by atoms with E-state index < -0.39 is 17.8 Å². The fourth-order valence-corrected chi connectivity index (χ4v) is 2.66. The highest BCUT2D eigenvalue weighted by Gasteiger charge is 2.35. The van der Waals surface area contributed by atoms with Gasteiger partial charge in [-0.15, -0.1) is 0 Å². The zero-order valence-corrected chi connectivity index (χ0v) is 13.1. The lowest BCUT2D eigenvalue weighted by atomic mass is 10.1. The zero-order chi connectivity index (χ0) is 17.3. The second-order valence-electron chi connectivity index (χ2n) is 5.34. The van der Waals surface area contributed by atoms with E-state index in [2.05, 4.69) is 5.32 Å². The summed E-state index contributed by atoms with van der Waals surface area (Å²) in [5, 5.41) is 11.9. The summed E-state index contributed by atoms with van der Waals surface area (Å²) in [6.07, 6.45) is 1.33. The van der Waals surface area contributed by atoms with Crippen LogP contribution in [0.5, 0.6) is 0 Å². The van der Waals surface area contributed by atoms with Gasteiger partial charge in [-0.25, -0.2) is 0 Å². The molecule has 1 aromatic carbocycles. The molecule has 7 nitrogen and oxygen atoms in total. The van der Waals surface area contributed by atoms with Crippen molar-refractivity contribution in [1.82, 2.24) is 0 Å². The number of carbonyl (C=O) groups is 3. The highest BCUT2D eigenvalue weighted by Crippen LogP contribution is 2.31. The Morgan fingerprint density at radius 2 is 2.12 bits per heavy atom. The molecule has 0 bridgehead atoms. The largest absolute Gasteiger partial charge is 0.481 e. The van der Waals surface area contributed by atoms with Crippen LogP contribution in [0.4, 0.5) is 11.4 Å². The zero-order valence-electron chi connectivity index (χ0n) is 12.4. The van der Waals surface area contributed by atoms with Crippen molar-refractivity contribution in [2.45, 2.75) is 6.42 Å². The Labute approximate surface area is 141 Å². The van der Waals surface area contributed by atoms with E-state index >= 15 is 0 Å². The second-order valence-corrected chi connectivity index (χ2v) is 5.75. The third-order valence-corrected chi connectivity index (χ3v) is 4.06. The molecule has 124 valence electrons. The number of nitrogens with zero attached hydrogens (tertiary/aromatic N) is 1. The van der Waals surface area contributed by atoms with E-state index in [0.717, 1.165) is 0 Å². The lowest BCUT2D eigenvalue weighted by Crippen LogP contribution is -2.26. The minimum Gasteiger partial charge on any atom is -0.481 e. The monoisotopic (exact) mass is 348 g/mol. The van der Waals surface area contributed by atoms with Gasteiger partial charge in [0.1, 0.15) is 0 Å². The number of furan rings is 1. The fourth-order valence-electron chi connectivity index (χ4n) is 2.49. The number of carbonyl (C=O) groups excluding carboxylic acids is 2. The first-order valence-electron chi connectivity index (χ1n) is 7.13. The van der Waals surface area contributed by atoms with Gasteiger partial charge in [-0.2, -0.15) is 0 Å². The van der Waals surface area contributed by atoms with Crippen molar-refractivity contribution < 1.29 is 23.9 Å². The first kappa shape index (κ1) is 16.1. The molecule has 8 heteroatoms. The number of hydrogen-bond donors (Lipinski definition) is 2. The SMILES string of the molecule is O=C(Nc1cc(N2C[C@@H](C(=O)O)CC2=O)ccc1Cl)c1ccco1. The Balaban J connectivity index is 1.83. The van der Waals surface area contributed by atoms with E-state index in [1.165, 1.54) is 29.4 Å². The van der Waals surface area contributed by atoms with Crippen LogP contribution in [0.1, 0.15) is 17.0 Å². The third-order valence-electron chi connectivity index (χ3n) is 3.73. The van der Waals surface area contributed by atoms with E-state index in [9.17, 15) is 14.4 Å². The van der Waals surface area contributed by atoms with Gasteiger partial charge in [0.15, 0.2) is 5.76 Å². The van der Waals surface area contributed by atoms with Gasteiger partial charge in [-0.05, 0) is 30.3 Å². The molecule has 1 fully saturated rings. The van der Waals surface area contributed by atoms with Gasteiger partial charge in [0, 0.05) is 18.7 Å². The highest BCUT2D eigenvalue weighted by molar-refractivity contribution is 6.34. The van der Waals surface area contributed by atoms with E-state index in [-0.39, 0.29) is 24.6 Å². The molecule has 2 heterocycles. The Bertz CT molecular complexity index is 803. The molecule has 0 radical (unpaired) electrons. The predicted octanol–water partition coefficient (Wildman–Crippen LogP) is 2.62. The van der Waals surface area contributed by atoms with Gasteiger partial charge in [0.2, 0.25) is 5.91 Å². The lowest BCUT2D eigenvalue weighted by Gasteiger charge is -2.18. The normalized spacial score (nSPS) is 17.1. The van der Waals surface area contributed by atoms with E-state index in [1.807, 2.05) is 0 Å². The van der Waals surface area contributed by atoms with E-state index in [4.69, 9.17) is 21.1 Å². The molecule has 2 amide bonds. The van der Waals surface area contributed by atoms with Crippen LogP contribution in [-0.4, -0.2) is 29.4 Å². The van der Waals surface area contributed by atoms with Crippen LogP contribution in [0.15, 0.2) is 41.0 Å². The standard InChI is InChI=1S/C16H13ClN2O5/c17-11-4-3-10(19-8-9(16(22)23)6-14(19)20)7-12(11)18-15(21)13-2-1-5-24-13/h1-5,7,9H,6,8H2,(H,18,21)(H,22,23)/t9-/m0/s1. The van der Waals surface area contributed by atoms with Gasteiger partial charge in [-0.1, -0.05) is 11.6 Å². The van der Waals surface area contributed by atoms with Crippen molar-refractivity contribution in [1.29, 1.82) is 0 Å². The molecule has 0 aliphatic carbocycles. The van der Waals surface area contributed by atoms with Crippen LogP contribution >= 0.6 is 11.6 Å². The van der Waals surface area contributed by atoms with Crippen LogP contribution in [0.2, 0.25) is 5.02 Å². The van der Waals surface area contributed by atoms with Crippen molar-refractivity contribution in [2.75, 3.05) is 16.8 Å². The second kappa shape index (κ2) is 6.37. The number of nitrogens with one attached hydrogen (secondary N) is 1. The summed E-state index contributed by atoms with van der Waals surface area (Å²) in [7, 11) is 0. The van der Waals surface area contributed by atoms with Gasteiger partial charge in [0.25, 0.3) is 5.91 Å². The molecular weight excluding hydrogens is 336 g/mol. The number of anilines is 2. The maximum atomic E-state index is 12.0. The average Bonchev–Trinajstić information content (AvgIpc) is 3.19. The molecule has 2 N–H and O–H groups in total. The van der Waals surface area contributed by atoms with E-state index in [1.54, 1.807) is 12.1 Å². The highest BCUT2D eigenvalue weighted by atomic mass is 35.5. The number of halogens is 1. The molecule has 1 saturated heterocycles. The summed E-state index contributed by atoms with van der Waals surface area (Å²) in [5.41, 5.74) is 0.782. The molecular formula is C16H13ClN2O5. The van der Waals surface area contributed by atoms with Crippen molar-refractivity contribution in [2.24, 2.45) is 5.92 Å². The molecule has 1 atom stereocenters. The van der Waals surface area contributed by atoms with Gasteiger partial charge in [0.05, 0.1) is 22.9 Å². The fraction of sp³-hybridized carbons (Fsp3) is 0.188. The van der Waals surface area contributed by atoms with Crippen molar-refractivity contribution in [3.63, 3.8) is 0 Å². The van der Waals surface area contributed by atoms with E-state index in [0.29, 0.717) is 16.4 Å². The predicted molar refractivity (Wildman–Crippen MR) is 86.2 cm³/mol. The Kier molecular flexibility index (Phi) is 4.26. The maximum absolute atomic E-state index is 12.0. The third kappa shape index (κ3) is 3.11. The molecule has 3 rings (SSSR count). The molecule has 0 saturated carbocycles.